The van der Waals surface area contributed by atoms with Crippen LogP contribution in [0.1, 0.15) is 5.56 Å². The first kappa shape index (κ1) is 10.6. The zero-order valence-corrected chi connectivity index (χ0v) is 10.2. The Hall–Kier alpha value is -0.480. The van der Waals surface area contributed by atoms with Crippen molar-refractivity contribution in [2.75, 3.05) is 12.8 Å². The maximum absolute atomic E-state index is 5.78. The minimum absolute atomic E-state index is 0.691. The molecule has 0 aliphatic rings. The van der Waals surface area contributed by atoms with Gasteiger partial charge in [-0.05, 0) is 55.6 Å². The zero-order chi connectivity index (χ0) is 9.84. The van der Waals surface area contributed by atoms with Gasteiger partial charge in [-0.1, -0.05) is 0 Å². The Kier molecular flexibility index (Phi) is 3.81. The highest BCUT2D eigenvalue weighted by Gasteiger charge is 1.98. The van der Waals surface area contributed by atoms with Crippen molar-refractivity contribution in [3.8, 4) is 5.75 Å². The number of hydrogen-bond donors (Lipinski definition) is 1. The van der Waals surface area contributed by atoms with E-state index in [-0.39, 0.29) is 0 Å². The SMILES string of the molecule is COc1ccc(C=C(Br)Br)c(N)c1. The van der Waals surface area contributed by atoms with Crippen LogP contribution in [0.2, 0.25) is 0 Å². The van der Waals surface area contributed by atoms with Crippen molar-refractivity contribution < 1.29 is 4.74 Å². The normalized spacial score (nSPS) is 9.46. The van der Waals surface area contributed by atoms with E-state index in [1.807, 2.05) is 18.2 Å². The fourth-order valence-electron chi connectivity index (χ4n) is 0.929. The fourth-order valence-corrected chi connectivity index (χ4v) is 1.42. The number of benzene rings is 1. The molecule has 0 atom stereocenters. The van der Waals surface area contributed by atoms with Crippen molar-refractivity contribution in [3.63, 3.8) is 0 Å². The minimum Gasteiger partial charge on any atom is -0.497 e. The Bertz CT molecular complexity index is 332. The first-order valence-electron chi connectivity index (χ1n) is 3.59. The Morgan fingerprint density at radius 2 is 2.15 bits per heavy atom. The quantitative estimate of drug-likeness (QED) is 0.850. The summed E-state index contributed by atoms with van der Waals surface area (Å²) in [5.41, 5.74) is 7.42. The van der Waals surface area contributed by atoms with Gasteiger partial charge in [0.2, 0.25) is 0 Å². The first-order chi connectivity index (χ1) is 6.13. The lowest BCUT2D eigenvalue weighted by Gasteiger charge is -2.03. The first-order valence-corrected chi connectivity index (χ1v) is 5.18. The van der Waals surface area contributed by atoms with Crippen LogP contribution in [0, 0.1) is 0 Å². The van der Waals surface area contributed by atoms with Crippen LogP contribution >= 0.6 is 31.9 Å². The summed E-state index contributed by atoms with van der Waals surface area (Å²) in [4.78, 5) is 0. The molecule has 0 amide bonds. The van der Waals surface area contributed by atoms with Gasteiger partial charge < -0.3 is 10.5 Å². The van der Waals surface area contributed by atoms with Crippen LogP contribution in [0.5, 0.6) is 5.75 Å². The van der Waals surface area contributed by atoms with Crippen LogP contribution in [0.4, 0.5) is 5.69 Å². The third kappa shape index (κ3) is 3.04. The molecule has 4 heteroatoms. The molecule has 70 valence electrons. The fraction of sp³-hybridized carbons (Fsp3) is 0.111. The third-order valence-electron chi connectivity index (χ3n) is 1.56. The molecule has 0 saturated heterocycles. The van der Waals surface area contributed by atoms with Crippen LogP contribution in [-0.4, -0.2) is 7.11 Å². The van der Waals surface area contributed by atoms with E-state index in [1.165, 1.54) is 0 Å². The van der Waals surface area contributed by atoms with Gasteiger partial charge in [0, 0.05) is 11.8 Å². The average molecular weight is 307 g/mol. The van der Waals surface area contributed by atoms with Crippen LogP contribution in [0.3, 0.4) is 0 Å². The number of nitrogen functional groups attached to an aromatic ring is 1. The maximum Gasteiger partial charge on any atom is 0.120 e. The summed E-state index contributed by atoms with van der Waals surface area (Å²) >= 11 is 6.54. The van der Waals surface area contributed by atoms with Crippen molar-refractivity contribution in [1.29, 1.82) is 0 Å². The highest BCUT2D eigenvalue weighted by Crippen LogP contribution is 2.25. The van der Waals surface area contributed by atoms with E-state index >= 15 is 0 Å². The Morgan fingerprint density at radius 1 is 1.46 bits per heavy atom. The van der Waals surface area contributed by atoms with Crippen molar-refractivity contribution in [3.05, 3.63) is 27.2 Å². The summed E-state index contributed by atoms with van der Waals surface area (Å²) in [7, 11) is 1.62. The van der Waals surface area contributed by atoms with Gasteiger partial charge in [0.1, 0.15) is 5.75 Å². The zero-order valence-electron chi connectivity index (χ0n) is 7.05. The number of halogens is 2. The molecule has 0 fully saturated rings. The van der Waals surface area contributed by atoms with E-state index in [1.54, 1.807) is 13.2 Å². The number of ether oxygens (including phenoxy) is 1. The van der Waals surface area contributed by atoms with Crippen molar-refractivity contribution in [2.45, 2.75) is 0 Å². The molecular formula is C9H9Br2NO. The summed E-state index contributed by atoms with van der Waals surface area (Å²) in [5, 5.41) is 0. The van der Waals surface area contributed by atoms with Gasteiger partial charge in [-0.15, -0.1) is 0 Å². The molecule has 2 nitrogen and oxygen atoms in total. The summed E-state index contributed by atoms with van der Waals surface area (Å²) in [6, 6.07) is 5.55. The molecule has 0 saturated carbocycles. The lowest BCUT2D eigenvalue weighted by Crippen LogP contribution is -1.91. The molecule has 13 heavy (non-hydrogen) atoms. The number of nitrogens with two attached hydrogens (primary N) is 1. The van der Waals surface area contributed by atoms with E-state index in [9.17, 15) is 0 Å². The number of methoxy groups -OCH3 is 1. The second-order valence-corrected chi connectivity index (χ2v) is 5.20. The Morgan fingerprint density at radius 3 is 2.62 bits per heavy atom. The number of rotatable bonds is 2. The smallest absolute Gasteiger partial charge is 0.120 e. The van der Waals surface area contributed by atoms with Crippen LogP contribution in [0.15, 0.2) is 21.6 Å². The number of anilines is 1. The molecule has 0 heterocycles. The highest BCUT2D eigenvalue weighted by atomic mass is 79.9. The average Bonchev–Trinajstić information content (AvgIpc) is 2.08. The second-order valence-electron chi connectivity index (χ2n) is 2.43. The molecule has 0 radical (unpaired) electrons. The van der Waals surface area contributed by atoms with Gasteiger partial charge in [-0.3, -0.25) is 0 Å². The molecule has 2 N–H and O–H groups in total. The minimum atomic E-state index is 0.691. The van der Waals surface area contributed by atoms with Gasteiger partial charge >= 0.3 is 0 Å². The van der Waals surface area contributed by atoms with E-state index < -0.39 is 0 Å². The molecule has 0 aliphatic carbocycles. The summed E-state index contributed by atoms with van der Waals surface area (Å²) in [6.07, 6.45) is 1.88. The highest BCUT2D eigenvalue weighted by molar-refractivity contribution is 9.28. The van der Waals surface area contributed by atoms with Crippen molar-refractivity contribution >= 4 is 43.6 Å². The molecule has 1 rings (SSSR count). The third-order valence-corrected chi connectivity index (χ3v) is 2.02. The standard InChI is InChI=1S/C9H9Br2NO/c1-13-7-3-2-6(4-9(10)11)8(12)5-7/h2-5H,12H2,1H3. The predicted octanol–water partition coefficient (Wildman–Crippen LogP) is 3.37. The van der Waals surface area contributed by atoms with Gasteiger partial charge in [0.05, 0.1) is 10.5 Å². The summed E-state index contributed by atoms with van der Waals surface area (Å²) in [6.45, 7) is 0. The topological polar surface area (TPSA) is 35.2 Å². The Balaban J connectivity index is 3.05. The van der Waals surface area contributed by atoms with E-state index in [4.69, 9.17) is 10.5 Å². The van der Waals surface area contributed by atoms with Crippen molar-refractivity contribution in [2.24, 2.45) is 0 Å². The van der Waals surface area contributed by atoms with Gasteiger partial charge in [0.15, 0.2) is 0 Å². The monoisotopic (exact) mass is 305 g/mol. The van der Waals surface area contributed by atoms with Gasteiger partial charge in [-0.2, -0.15) is 0 Å². The van der Waals surface area contributed by atoms with E-state index in [0.29, 0.717) is 5.69 Å². The largest absolute Gasteiger partial charge is 0.497 e. The van der Waals surface area contributed by atoms with E-state index in [0.717, 1.165) is 14.7 Å². The van der Waals surface area contributed by atoms with Crippen molar-refractivity contribution in [1.82, 2.24) is 0 Å². The predicted molar refractivity (Wildman–Crippen MR) is 63.2 cm³/mol. The molecule has 0 spiro atoms. The molecule has 0 bridgehead atoms. The number of hydrogen-bond acceptors (Lipinski definition) is 2. The molecule has 1 aromatic carbocycles. The maximum atomic E-state index is 5.78. The lowest BCUT2D eigenvalue weighted by atomic mass is 10.2. The van der Waals surface area contributed by atoms with Crippen LogP contribution in [0.25, 0.3) is 6.08 Å². The molecule has 0 unspecified atom stereocenters. The van der Waals surface area contributed by atoms with E-state index in [2.05, 4.69) is 31.9 Å². The van der Waals surface area contributed by atoms with Crippen LogP contribution < -0.4 is 10.5 Å². The molecule has 1 aromatic rings. The molecular weight excluding hydrogens is 298 g/mol. The van der Waals surface area contributed by atoms with Gasteiger partial charge in [-0.25, -0.2) is 0 Å². The Labute approximate surface area is 94.0 Å². The summed E-state index contributed by atoms with van der Waals surface area (Å²) in [5.74, 6) is 0.764. The lowest BCUT2D eigenvalue weighted by molar-refractivity contribution is 0.415. The molecule has 0 aliphatic heterocycles. The second kappa shape index (κ2) is 4.67. The molecule has 0 aromatic heterocycles. The van der Waals surface area contributed by atoms with Gasteiger partial charge in [0.25, 0.3) is 0 Å². The van der Waals surface area contributed by atoms with Crippen LogP contribution in [-0.2, 0) is 0 Å². The summed E-state index contributed by atoms with van der Waals surface area (Å²) < 4.78 is 5.89.